The third kappa shape index (κ3) is 3.26. The molecule has 0 spiro atoms. The zero-order valence-corrected chi connectivity index (χ0v) is 10.5. The molecule has 0 radical (unpaired) electrons. The van der Waals surface area contributed by atoms with Gasteiger partial charge < -0.3 is 5.11 Å². The molecule has 0 saturated heterocycles. The molecule has 0 aliphatic heterocycles. The monoisotopic (exact) mass is 236 g/mol. The molecule has 0 bridgehead atoms. The normalized spacial score (nSPS) is 17.6. The smallest absolute Gasteiger partial charge is 0.0525 e. The first-order valence-corrected chi connectivity index (χ1v) is 7.22. The van der Waals surface area contributed by atoms with Gasteiger partial charge in [0.25, 0.3) is 0 Å². The van der Waals surface area contributed by atoms with Gasteiger partial charge in [0.15, 0.2) is 0 Å². The van der Waals surface area contributed by atoms with Gasteiger partial charge in [-0.05, 0) is 36.5 Å². The highest BCUT2D eigenvalue weighted by molar-refractivity contribution is 7.99. The van der Waals surface area contributed by atoms with Gasteiger partial charge in [0.2, 0.25) is 0 Å². The van der Waals surface area contributed by atoms with E-state index in [2.05, 4.69) is 24.3 Å². The minimum atomic E-state index is 0.259. The Morgan fingerprint density at radius 2 is 1.75 bits per heavy atom. The summed E-state index contributed by atoms with van der Waals surface area (Å²) in [6.45, 7) is 0.259. The van der Waals surface area contributed by atoms with E-state index >= 15 is 0 Å². The van der Waals surface area contributed by atoms with Gasteiger partial charge in [0, 0.05) is 10.6 Å². The second kappa shape index (κ2) is 6.31. The van der Waals surface area contributed by atoms with Crippen molar-refractivity contribution in [1.82, 2.24) is 0 Å². The fourth-order valence-electron chi connectivity index (χ4n) is 2.44. The number of thioether (sulfide) groups is 1. The predicted octanol–water partition coefficient (Wildman–Crippen LogP) is 3.82. The topological polar surface area (TPSA) is 20.2 Å². The third-order valence-corrected chi connectivity index (χ3v) is 4.31. The summed E-state index contributed by atoms with van der Waals surface area (Å²) in [5.41, 5.74) is 1.51. The molecule has 0 amide bonds. The molecule has 1 fully saturated rings. The lowest BCUT2D eigenvalue weighted by Crippen LogP contribution is -2.04. The van der Waals surface area contributed by atoms with E-state index in [4.69, 9.17) is 5.11 Å². The number of aliphatic hydroxyl groups excluding tert-OH is 1. The van der Waals surface area contributed by atoms with Crippen LogP contribution >= 0.6 is 11.8 Å². The van der Waals surface area contributed by atoms with Crippen molar-refractivity contribution in [2.75, 3.05) is 12.4 Å². The number of aliphatic hydroxyl groups is 1. The maximum absolute atomic E-state index is 8.77. The van der Waals surface area contributed by atoms with E-state index in [1.165, 1.54) is 42.6 Å². The van der Waals surface area contributed by atoms with Crippen LogP contribution in [0, 0.1) is 0 Å². The van der Waals surface area contributed by atoms with E-state index in [0.717, 1.165) is 11.7 Å². The highest BCUT2D eigenvalue weighted by Crippen LogP contribution is 2.33. The lowest BCUT2D eigenvalue weighted by atomic mass is 9.84. The molecule has 1 nitrogen and oxygen atoms in total. The van der Waals surface area contributed by atoms with E-state index in [9.17, 15) is 0 Å². The average Bonchev–Trinajstić information content (AvgIpc) is 2.38. The number of hydrogen-bond acceptors (Lipinski definition) is 2. The van der Waals surface area contributed by atoms with E-state index in [1.807, 2.05) is 0 Å². The maximum atomic E-state index is 8.77. The molecule has 1 aliphatic carbocycles. The van der Waals surface area contributed by atoms with Crippen molar-refractivity contribution in [3.63, 3.8) is 0 Å². The van der Waals surface area contributed by atoms with Crippen LogP contribution in [0.15, 0.2) is 29.2 Å². The van der Waals surface area contributed by atoms with Crippen molar-refractivity contribution in [3.8, 4) is 0 Å². The van der Waals surface area contributed by atoms with E-state index in [0.29, 0.717) is 0 Å². The molecular weight excluding hydrogens is 216 g/mol. The van der Waals surface area contributed by atoms with Gasteiger partial charge in [-0.25, -0.2) is 0 Å². The van der Waals surface area contributed by atoms with Crippen LogP contribution in [0.5, 0.6) is 0 Å². The van der Waals surface area contributed by atoms with Gasteiger partial charge in [0.05, 0.1) is 6.61 Å². The van der Waals surface area contributed by atoms with Crippen molar-refractivity contribution in [2.45, 2.75) is 42.9 Å². The zero-order valence-electron chi connectivity index (χ0n) is 9.69. The van der Waals surface area contributed by atoms with Crippen molar-refractivity contribution >= 4 is 11.8 Å². The molecule has 2 rings (SSSR count). The summed E-state index contributed by atoms with van der Waals surface area (Å²) in [4.78, 5) is 1.27. The summed E-state index contributed by atoms with van der Waals surface area (Å²) in [6, 6.07) is 8.94. The summed E-state index contributed by atoms with van der Waals surface area (Å²) < 4.78 is 0. The molecular formula is C14H20OS. The quantitative estimate of drug-likeness (QED) is 0.802. The van der Waals surface area contributed by atoms with Crippen molar-refractivity contribution in [1.29, 1.82) is 0 Å². The Labute approximate surface area is 102 Å². The first kappa shape index (κ1) is 12.0. The van der Waals surface area contributed by atoms with Crippen molar-refractivity contribution in [3.05, 3.63) is 29.8 Å². The van der Waals surface area contributed by atoms with Gasteiger partial charge in [-0.3, -0.25) is 0 Å². The Morgan fingerprint density at radius 3 is 2.38 bits per heavy atom. The molecule has 1 aromatic rings. The Kier molecular flexibility index (Phi) is 4.73. The summed E-state index contributed by atoms with van der Waals surface area (Å²) in [6.07, 6.45) is 6.94. The van der Waals surface area contributed by atoms with Gasteiger partial charge in [-0.15, -0.1) is 11.8 Å². The first-order valence-electron chi connectivity index (χ1n) is 6.24. The predicted molar refractivity (Wildman–Crippen MR) is 70.1 cm³/mol. The van der Waals surface area contributed by atoms with Crippen LogP contribution in [0.1, 0.15) is 43.6 Å². The van der Waals surface area contributed by atoms with Crippen LogP contribution in [0.25, 0.3) is 0 Å². The van der Waals surface area contributed by atoms with Crippen LogP contribution in [0.3, 0.4) is 0 Å². The molecule has 0 heterocycles. The molecule has 1 aliphatic rings. The maximum Gasteiger partial charge on any atom is 0.0525 e. The van der Waals surface area contributed by atoms with Crippen LogP contribution in [-0.2, 0) is 0 Å². The number of hydrogen-bond donors (Lipinski definition) is 1. The first-order chi connectivity index (χ1) is 7.90. The fourth-order valence-corrected chi connectivity index (χ4v) is 3.09. The van der Waals surface area contributed by atoms with Crippen LogP contribution in [-0.4, -0.2) is 17.5 Å². The number of benzene rings is 1. The second-order valence-electron chi connectivity index (χ2n) is 4.48. The standard InChI is InChI=1S/C14H20OS/c15-10-11-16-14-8-6-13(7-9-14)12-4-2-1-3-5-12/h6-9,12,15H,1-5,10-11H2. The average molecular weight is 236 g/mol. The molecule has 1 N–H and O–H groups in total. The Balaban J connectivity index is 1.95. The van der Waals surface area contributed by atoms with Gasteiger partial charge >= 0.3 is 0 Å². The van der Waals surface area contributed by atoms with Crippen LogP contribution < -0.4 is 0 Å². The lowest BCUT2D eigenvalue weighted by Gasteiger charge is -2.22. The summed E-state index contributed by atoms with van der Waals surface area (Å²) in [5.74, 6) is 1.59. The molecule has 0 unspecified atom stereocenters. The van der Waals surface area contributed by atoms with E-state index in [1.54, 1.807) is 11.8 Å². The third-order valence-electron chi connectivity index (χ3n) is 3.32. The summed E-state index contributed by atoms with van der Waals surface area (Å²) in [7, 11) is 0. The molecule has 88 valence electrons. The Bertz CT molecular complexity index is 301. The Hall–Kier alpha value is -0.470. The van der Waals surface area contributed by atoms with Gasteiger partial charge in [0.1, 0.15) is 0 Å². The lowest BCUT2D eigenvalue weighted by molar-refractivity contribution is 0.322. The van der Waals surface area contributed by atoms with E-state index < -0.39 is 0 Å². The fraction of sp³-hybridized carbons (Fsp3) is 0.571. The largest absolute Gasteiger partial charge is 0.396 e. The van der Waals surface area contributed by atoms with E-state index in [-0.39, 0.29) is 6.61 Å². The summed E-state index contributed by atoms with van der Waals surface area (Å²) >= 11 is 1.73. The minimum Gasteiger partial charge on any atom is -0.396 e. The van der Waals surface area contributed by atoms with Crippen molar-refractivity contribution in [2.24, 2.45) is 0 Å². The van der Waals surface area contributed by atoms with Gasteiger partial charge in [-0.1, -0.05) is 31.4 Å². The molecule has 1 saturated carbocycles. The van der Waals surface area contributed by atoms with Crippen LogP contribution in [0.2, 0.25) is 0 Å². The SMILES string of the molecule is OCCSc1ccc(C2CCCCC2)cc1. The molecule has 2 heteroatoms. The molecule has 0 aromatic heterocycles. The second-order valence-corrected chi connectivity index (χ2v) is 5.64. The molecule has 0 atom stereocenters. The highest BCUT2D eigenvalue weighted by atomic mass is 32.2. The van der Waals surface area contributed by atoms with Crippen LogP contribution in [0.4, 0.5) is 0 Å². The molecule has 1 aromatic carbocycles. The minimum absolute atomic E-state index is 0.259. The highest BCUT2D eigenvalue weighted by Gasteiger charge is 2.14. The van der Waals surface area contributed by atoms with Crippen molar-refractivity contribution < 1.29 is 5.11 Å². The molecule has 16 heavy (non-hydrogen) atoms. The Morgan fingerprint density at radius 1 is 1.06 bits per heavy atom. The number of rotatable bonds is 4. The zero-order chi connectivity index (χ0) is 11.2. The van der Waals surface area contributed by atoms with Gasteiger partial charge in [-0.2, -0.15) is 0 Å². The summed E-state index contributed by atoms with van der Waals surface area (Å²) in [5, 5.41) is 8.77.